The molecule has 1 aromatic rings. The topological polar surface area (TPSA) is 69.6 Å². The molecule has 0 aliphatic carbocycles. The Balaban J connectivity index is 0.00000288. The summed E-state index contributed by atoms with van der Waals surface area (Å²) in [5, 5.41) is 11.1. The van der Waals surface area contributed by atoms with Crippen LogP contribution < -0.4 is 5.32 Å². The van der Waals surface area contributed by atoms with Crippen LogP contribution in [0.1, 0.15) is 0 Å². The van der Waals surface area contributed by atoms with Gasteiger partial charge in [-0.15, -0.1) is 12.4 Å². The number of halogens is 5. The first-order chi connectivity index (χ1) is 10.7. The fraction of sp³-hybridized carbons (Fsp3) is 0.429. The van der Waals surface area contributed by atoms with Gasteiger partial charge in [0.05, 0.1) is 24.1 Å². The normalized spacial score (nSPS) is 21.2. The van der Waals surface area contributed by atoms with Gasteiger partial charge in [0.25, 0.3) is 0 Å². The molecule has 1 fully saturated rings. The summed E-state index contributed by atoms with van der Waals surface area (Å²) in [6, 6.07) is 5.37. The maximum Gasteiger partial charge on any atom is 0.393 e. The second-order valence-electron chi connectivity index (χ2n) is 5.31. The van der Waals surface area contributed by atoms with Crippen molar-refractivity contribution in [3.8, 4) is 0 Å². The van der Waals surface area contributed by atoms with Crippen LogP contribution >= 0.6 is 12.4 Å². The zero-order chi connectivity index (χ0) is 17.2. The van der Waals surface area contributed by atoms with E-state index in [9.17, 15) is 27.2 Å². The monoisotopic (exact) mass is 370 g/mol. The van der Waals surface area contributed by atoms with Gasteiger partial charge in [-0.3, -0.25) is 14.5 Å². The third-order valence-corrected chi connectivity index (χ3v) is 3.65. The van der Waals surface area contributed by atoms with Crippen molar-refractivity contribution in [2.24, 2.45) is 11.8 Å². The number of alkyl halides is 3. The smallest absolute Gasteiger partial charge is 0.393 e. The van der Waals surface area contributed by atoms with E-state index < -0.39 is 48.8 Å². The highest BCUT2D eigenvalue weighted by molar-refractivity contribution is 5.92. The Bertz CT molecular complexity index is 612. The van der Waals surface area contributed by atoms with Crippen LogP contribution in [0.15, 0.2) is 24.3 Å². The number of likely N-dealkylation sites (tertiary alicyclic amines) is 1. The number of nitrogens with zero attached hydrogens (tertiary/aromatic N) is 1. The van der Waals surface area contributed by atoms with Crippen LogP contribution in [0.2, 0.25) is 0 Å². The van der Waals surface area contributed by atoms with E-state index in [4.69, 9.17) is 5.11 Å². The highest BCUT2D eigenvalue weighted by atomic mass is 35.5. The van der Waals surface area contributed by atoms with E-state index in [1.807, 2.05) is 0 Å². The number of hydrogen-bond donors (Lipinski definition) is 2. The lowest BCUT2D eigenvalue weighted by atomic mass is 9.96. The van der Waals surface area contributed by atoms with Crippen molar-refractivity contribution in [3.05, 3.63) is 30.1 Å². The summed E-state index contributed by atoms with van der Waals surface area (Å²) in [5.74, 6) is -6.57. The van der Waals surface area contributed by atoms with Gasteiger partial charge in [-0.25, -0.2) is 4.39 Å². The van der Waals surface area contributed by atoms with Crippen molar-refractivity contribution in [3.63, 3.8) is 0 Å². The number of anilines is 1. The first kappa shape index (κ1) is 20.2. The van der Waals surface area contributed by atoms with E-state index in [1.165, 1.54) is 18.2 Å². The number of rotatable bonds is 4. The molecule has 1 aromatic carbocycles. The standard InChI is InChI=1S/C14H14F4N2O3.ClH/c15-10-3-1-2-4-11(10)19-12(21)7-20-5-8(13(22)23)9(6-20)14(16,17)18;/h1-4,8-9H,5-7H2,(H,19,21)(H,22,23);1H/t8-,9-;/m1./s1. The Morgan fingerprint density at radius 2 is 1.88 bits per heavy atom. The van der Waals surface area contributed by atoms with Crippen LogP contribution in [-0.2, 0) is 9.59 Å². The molecule has 1 aliphatic rings. The average Bonchev–Trinajstić information content (AvgIpc) is 2.85. The van der Waals surface area contributed by atoms with Gasteiger partial charge >= 0.3 is 12.1 Å². The maximum atomic E-state index is 13.4. The quantitative estimate of drug-likeness (QED) is 0.798. The number of carboxylic acids is 1. The Kier molecular flexibility index (Phi) is 6.56. The van der Waals surface area contributed by atoms with Gasteiger partial charge in [0.15, 0.2) is 0 Å². The van der Waals surface area contributed by atoms with Crippen LogP contribution in [0, 0.1) is 17.7 Å². The molecule has 0 radical (unpaired) electrons. The molecular formula is C14H15ClF4N2O3. The van der Waals surface area contributed by atoms with E-state index >= 15 is 0 Å². The van der Waals surface area contributed by atoms with Crippen molar-refractivity contribution >= 4 is 30.0 Å². The Morgan fingerprint density at radius 1 is 1.25 bits per heavy atom. The van der Waals surface area contributed by atoms with Crippen LogP contribution in [-0.4, -0.2) is 47.7 Å². The minimum atomic E-state index is -4.65. The zero-order valence-corrected chi connectivity index (χ0v) is 13.0. The number of carboxylic acid groups (broad SMARTS) is 1. The predicted octanol–water partition coefficient (Wildman–Crippen LogP) is 2.38. The number of nitrogens with one attached hydrogen (secondary N) is 1. The maximum absolute atomic E-state index is 13.4. The van der Waals surface area contributed by atoms with Gasteiger partial charge in [0.2, 0.25) is 5.91 Å². The van der Waals surface area contributed by atoms with Crippen molar-refractivity contribution in [2.75, 3.05) is 25.0 Å². The Labute approximate surface area is 141 Å². The molecule has 10 heteroatoms. The van der Waals surface area contributed by atoms with Crippen molar-refractivity contribution < 1.29 is 32.3 Å². The van der Waals surface area contributed by atoms with Crippen molar-refractivity contribution in [1.82, 2.24) is 4.90 Å². The number of para-hydroxylation sites is 1. The molecule has 1 aliphatic heterocycles. The lowest BCUT2D eigenvalue weighted by molar-refractivity contribution is -0.188. The molecule has 0 unspecified atom stereocenters. The second kappa shape index (κ2) is 7.80. The molecule has 1 saturated heterocycles. The zero-order valence-electron chi connectivity index (χ0n) is 12.2. The van der Waals surface area contributed by atoms with E-state index in [0.29, 0.717) is 0 Å². The number of hydrogen-bond acceptors (Lipinski definition) is 3. The molecule has 134 valence electrons. The summed E-state index contributed by atoms with van der Waals surface area (Å²) in [6.45, 7) is -1.40. The number of carbonyl (C=O) groups is 2. The molecule has 2 rings (SSSR count). The number of amides is 1. The Morgan fingerprint density at radius 3 is 2.38 bits per heavy atom. The average molecular weight is 371 g/mol. The molecule has 2 N–H and O–H groups in total. The van der Waals surface area contributed by atoms with Gasteiger partial charge < -0.3 is 10.4 Å². The fourth-order valence-electron chi connectivity index (χ4n) is 2.55. The minimum Gasteiger partial charge on any atom is -0.481 e. The largest absolute Gasteiger partial charge is 0.481 e. The lowest BCUT2D eigenvalue weighted by Gasteiger charge is -2.18. The summed E-state index contributed by atoms with van der Waals surface area (Å²) >= 11 is 0. The summed E-state index contributed by atoms with van der Waals surface area (Å²) in [6.07, 6.45) is -4.65. The van der Waals surface area contributed by atoms with Gasteiger partial charge in [-0.2, -0.15) is 13.2 Å². The molecule has 0 aromatic heterocycles. The summed E-state index contributed by atoms with van der Waals surface area (Å²) < 4.78 is 51.9. The summed E-state index contributed by atoms with van der Waals surface area (Å²) in [7, 11) is 0. The molecule has 5 nitrogen and oxygen atoms in total. The van der Waals surface area contributed by atoms with Crippen molar-refractivity contribution in [2.45, 2.75) is 6.18 Å². The minimum absolute atomic E-state index is 0. The number of aliphatic carboxylic acids is 1. The van der Waals surface area contributed by atoms with Crippen LogP contribution in [0.25, 0.3) is 0 Å². The summed E-state index contributed by atoms with van der Waals surface area (Å²) in [4.78, 5) is 23.9. The van der Waals surface area contributed by atoms with Crippen LogP contribution in [0.5, 0.6) is 0 Å². The van der Waals surface area contributed by atoms with E-state index in [-0.39, 0.29) is 24.6 Å². The number of benzene rings is 1. The molecule has 0 spiro atoms. The molecule has 24 heavy (non-hydrogen) atoms. The first-order valence-corrected chi connectivity index (χ1v) is 6.74. The van der Waals surface area contributed by atoms with Crippen LogP contribution in [0.3, 0.4) is 0 Å². The van der Waals surface area contributed by atoms with E-state index in [1.54, 1.807) is 0 Å². The second-order valence-corrected chi connectivity index (χ2v) is 5.31. The fourth-order valence-corrected chi connectivity index (χ4v) is 2.55. The molecule has 1 amide bonds. The number of carbonyl (C=O) groups excluding carboxylic acids is 1. The van der Waals surface area contributed by atoms with Crippen LogP contribution in [0.4, 0.5) is 23.2 Å². The molecule has 0 bridgehead atoms. The Hall–Kier alpha value is -1.87. The van der Waals surface area contributed by atoms with E-state index in [0.717, 1.165) is 11.0 Å². The summed E-state index contributed by atoms with van der Waals surface area (Å²) in [5.41, 5.74) is -0.0844. The van der Waals surface area contributed by atoms with Gasteiger partial charge in [-0.05, 0) is 12.1 Å². The van der Waals surface area contributed by atoms with Gasteiger partial charge in [0, 0.05) is 13.1 Å². The van der Waals surface area contributed by atoms with E-state index in [2.05, 4.69) is 5.32 Å². The predicted molar refractivity (Wildman–Crippen MR) is 79.4 cm³/mol. The first-order valence-electron chi connectivity index (χ1n) is 6.74. The third-order valence-electron chi connectivity index (χ3n) is 3.65. The van der Waals surface area contributed by atoms with Gasteiger partial charge in [0.1, 0.15) is 5.82 Å². The molecular weight excluding hydrogens is 356 g/mol. The highest BCUT2D eigenvalue weighted by Gasteiger charge is 2.52. The molecule has 1 heterocycles. The van der Waals surface area contributed by atoms with Crippen molar-refractivity contribution in [1.29, 1.82) is 0 Å². The lowest BCUT2D eigenvalue weighted by Crippen LogP contribution is -2.34. The molecule has 2 atom stereocenters. The highest BCUT2D eigenvalue weighted by Crippen LogP contribution is 2.37. The third kappa shape index (κ3) is 4.81. The SMILES string of the molecule is Cl.O=C(CN1C[C@@H](C(F)(F)F)[C@H](C(=O)O)C1)Nc1ccccc1F. The molecule has 0 saturated carbocycles. The van der Waals surface area contributed by atoms with Gasteiger partial charge in [-0.1, -0.05) is 12.1 Å².